The molecule has 0 amide bonds. The van der Waals surface area contributed by atoms with Gasteiger partial charge in [0.15, 0.2) is 11.5 Å². The van der Waals surface area contributed by atoms with Crippen LogP contribution >= 0.6 is 0 Å². The molecule has 6 N–H and O–H groups in total. The molecule has 0 saturated heterocycles. The molecule has 0 spiro atoms. The monoisotopic (exact) mass is 784 g/mol. The third-order valence-electron chi connectivity index (χ3n) is 9.26. The Morgan fingerprint density at radius 3 is 1.65 bits per heavy atom. The molecular weight excluding hydrogens is 736 g/mol. The number of carboxylic acid groups (broad SMARTS) is 4. The summed E-state index contributed by atoms with van der Waals surface area (Å²) in [6.07, 6.45) is 0.766. The van der Waals surface area contributed by atoms with Gasteiger partial charge in [0.05, 0.1) is 0 Å². The first kappa shape index (κ1) is 42.0. The number of ether oxygens (including phenoxy) is 2. The number of nitrogens with one attached hydrogen (secondary N) is 2. The third-order valence-corrected chi connectivity index (χ3v) is 9.26. The van der Waals surface area contributed by atoms with E-state index in [-0.39, 0.29) is 31.5 Å². The highest BCUT2D eigenvalue weighted by atomic mass is 16.7. The second-order valence-electron chi connectivity index (χ2n) is 14.7. The molecule has 3 aromatic carbocycles. The Morgan fingerprint density at radius 1 is 0.579 bits per heavy atom. The van der Waals surface area contributed by atoms with Gasteiger partial charge in [-0.15, -0.1) is 0 Å². The van der Waals surface area contributed by atoms with Gasteiger partial charge in [0.1, 0.15) is 47.2 Å². The van der Waals surface area contributed by atoms with Gasteiger partial charge < -0.3 is 38.7 Å². The van der Waals surface area contributed by atoms with Crippen molar-refractivity contribution >= 4 is 34.6 Å². The maximum Gasteiger partial charge on any atom is 0.321 e. The van der Waals surface area contributed by atoms with Crippen LogP contribution in [-0.4, -0.2) is 75.3 Å². The molecule has 1 aliphatic heterocycles. The lowest BCUT2D eigenvalue weighted by Crippen LogP contribution is -2.48. The smallest absolute Gasteiger partial charge is 0.321 e. The van der Waals surface area contributed by atoms with Gasteiger partial charge in [-0.25, -0.2) is 0 Å². The summed E-state index contributed by atoms with van der Waals surface area (Å²) in [4.78, 5) is 46.2. The molecule has 0 radical (unpaired) electrons. The number of carboxylic acids is 4. The summed E-state index contributed by atoms with van der Waals surface area (Å²) in [7, 11) is 0. The van der Waals surface area contributed by atoms with Crippen LogP contribution in [0.3, 0.4) is 0 Å². The molecule has 4 unspecified atom stereocenters. The predicted molar refractivity (Wildman–Crippen MR) is 210 cm³/mol. The zero-order valence-electron chi connectivity index (χ0n) is 32.1. The largest absolute Gasteiger partial charge is 0.480 e. The van der Waals surface area contributed by atoms with Crippen LogP contribution in [0.4, 0.5) is 0 Å². The Morgan fingerprint density at radius 2 is 1.09 bits per heavy atom. The Bertz CT molecular complexity index is 2160. The van der Waals surface area contributed by atoms with E-state index in [1.807, 2.05) is 82.3 Å². The van der Waals surface area contributed by atoms with Crippen molar-refractivity contribution in [3.63, 3.8) is 0 Å². The molecule has 302 valence electrons. The van der Waals surface area contributed by atoms with Crippen LogP contribution in [0.2, 0.25) is 0 Å². The zero-order valence-corrected chi connectivity index (χ0v) is 32.1. The van der Waals surface area contributed by atoms with E-state index in [1.165, 1.54) is 0 Å². The van der Waals surface area contributed by atoms with Crippen molar-refractivity contribution < 1.29 is 57.9 Å². The first-order valence-electron chi connectivity index (χ1n) is 18.7. The van der Waals surface area contributed by atoms with Crippen molar-refractivity contribution in [2.24, 2.45) is 11.8 Å². The average molecular weight is 785 g/mol. The van der Waals surface area contributed by atoms with Gasteiger partial charge in [-0.3, -0.25) is 29.8 Å². The molecule has 2 aromatic heterocycles. The van der Waals surface area contributed by atoms with E-state index in [9.17, 15) is 39.6 Å². The lowest BCUT2D eigenvalue weighted by molar-refractivity contribution is -0.144. The number of carbonyl (C=O) groups is 4. The number of furan rings is 2. The van der Waals surface area contributed by atoms with Crippen LogP contribution in [0.15, 0.2) is 93.8 Å². The number of hydrogen-bond donors (Lipinski definition) is 6. The molecule has 0 bridgehead atoms. The number of rotatable bonds is 18. The van der Waals surface area contributed by atoms with Crippen LogP contribution < -0.4 is 20.1 Å². The molecule has 6 rings (SSSR count). The van der Waals surface area contributed by atoms with E-state index in [1.54, 1.807) is 30.3 Å². The van der Waals surface area contributed by atoms with Gasteiger partial charge in [-0.2, -0.15) is 0 Å². The van der Waals surface area contributed by atoms with Gasteiger partial charge in [0, 0.05) is 24.0 Å². The lowest BCUT2D eigenvalue weighted by atomic mass is 10.0. The number of fused-ring (bicyclic) bond motifs is 2. The molecular formula is C43H48N2O12. The van der Waals surface area contributed by atoms with Gasteiger partial charge in [0.25, 0.3) is 0 Å². The van der Waals surface area contributed by atoms with Crippen molar-refractivity contribution in [1.82, 2.24) is 10.6 Å². The van der Waals surface area contributed by atoms with Crippen LogP contribution in [0, 0.1) is 11.8 Å². The quantitative estimate of drug-likeness (QED) is 0.0530. The molecule has 0 aliphatic carbocycles. The number of hydrogen-bond acceptors (Lipinski definition) is 10. The first-order chi connectivity index (χ1) is 27.2. The van der Waals surface area contributed by atoms with E-state index < -0.39 is 48.0 Å². The van der Waals surface area contributed by atoms with Crippen LogP contribution in [-0.2, 0) is 32.0 Å². The Balaban J connectivity index is 0.000000218. The highest BCUT2D eigenvalue weighted by molar-refractivity contribution is 5.95. The molecule has 1 aliphatic rings. The molecule has 5 aromatic rings. The standard InChI is InChI=1S/C23H25NO5.C20H23NO7/c1-14(2)12-19(22(25)26)24-20(23(27)28)13-16-10-11-21(29-16)18-9-5-7-15-6-3-4-8-17(15)18;1-11(2)7-14(19(22)23)21-15(20(24)25)9-13-4-6-16(28-13)12-3-5-17-18(8-12)27-10-26-17/h3-11,14,19-20,24H,12-13H2,1-2H3,(H,25,26)(H,27,28);3-6,8,11,14-15,21H,7,9-10H2,1-2H3,(H,22,23)(H,24,25). The molecule has 0 fully saturated rings. The maximum absolute atomic E-state index is 11.7. The fraction of sp³-hybridized carbons (Fsp3) is 0.349. The second-order valence-corrected chi connectivity index (χ2v) is 14.7. The Hall–Kier alpha value is -6.12. The predicted octanol–water partition coefficient (Wildman–Crippen LogP) is 6.94. The van der Waals surface area contributed by atoms with E-state index >= 15 is 0 Å². The van der Waals surface area contributed by atoms with Crippen molar-refractivity contribution in [3.05, 3.63) is 96.4 Å². The molecule has 57 heavy (non-hydrogen) atoms. The van der Waals surface area contributed by atoms with Gasteiger partial charge in [-0.05, 0) is 77.9 Å². The Kier molecular flexibility index (Phi) is 14.1. The minimum absolute atomic E-state index is 0.0295. The van der Waals surface area contributed by atoms with E-state index in [4.69, 9.17) is 18.3 Å². The van der Waals surface area contributed by atoms with Gasteiger partial charge in [0.2, 0.25) is 6.79 Å². The normalized spacial score (nSPS) is 14.1. The Labute approximate surface area is 329 Å². The number of aliphatic carboxylic acids is 4. The summed E-state index contributed by atoms with van der Waals surface area (Å²) in [6, 6.07) is 22.3. The van der Waals surface area contributed by atoms with Gasteiger partial charge >= 0.3 is 23.9 Å². The summed E-state index contributed by atoms with van der Waals surface area (Å²) >= 11 is 0. The fourth-order valence-electron chi connectivity index (χ4n) is 6.51. The summed E-state index contributed by atoms with van der Waals surface area (Å²) in [5.41, 5.74) is 1.70. The maximum atomic E-state index is 11.7. The SMILES string of the molecule is CC(C)CC(NC(Cc1ccc(-c2ccc3c(c2)OCO3)o1)C(=O)O)C(=O)O.CC(C)CC(NC(Cc1ccc(-c2cccc3ccccc23)o1)C(=O)O)C(=O)O. The van der Waals surface area contributed by atoms with Crippen molar-refractivity contribution in [2.75, 3.05) is 6.79 Å². The summed E-state index contributed by atoms with van der Waals surface area (Å²) in [6.45, 7) is 7.75. The van der Waals surface area contributed by atoms with Crippen molar-refractivity contribution in [3.8, 4) is 34.1 Å². The van der Waals surface area contributed by atoms with Crippen molar-refractivity contribution in [2.45, 2.75) is 77.5 Å². The summed E-state index contributed by atoms with van der Waals surface area (Å²) in [5, 5.41) is 45.4. The zero-order chi connectivity index (χ0) is 41.2. The molecule has 14 heteroatoms. The van der Waals surface area contributed by atoms with E-state index in [0.717, 1.165) is 21.9 Å². The fourth-order valence-corrected chi connectivity index (χ4v) is 6.51. The molecule has 3 heterocycles. The first-order valence-corrected chi connectivity index (χ1v) is 18.7. The third kappa shape index (κ3) is 11.5. The summed E-state index contributed by atoms with van der Waals surface area (Å²) < 4.78 is 22.4. The second kappa shape index (κ2) is 19.2. The lowest BCUT2D eigenvalue weighted by Gasteiger charge is -2.21. The minimum Gasteiger partial charge on any atom is -0.480 e. The van der Waals surface area contributed by atoms with E-state index in [2.05, 4.69) is 10.6 Å². The van der Waals surface area contributed by atoms with Crippen LogP contribution in [0.5, 0.6) is 11.5 Å². The van der Waals surface area contributed by atoms with Gasteiger partial charge in [-0.1, -0.05) is 70.2 Å². The molecule has 4 atom stereocenters. The molecule has 14 nitrogen and oxygen atoms in total. The molecule has 0 saturated carbocycles. The van der Waals surface area contributed by atoms with Crippen LogP contribution in [0.25, 0.3) is 33.4 Å². The van der Waals surface area contributed by atoms with Crippen molar-refractivity contribution in [1.29, 1.82) is 0 Å². The average Bonchev–Trinajstić information content (AvgIpc) is 3.94. The van der Waals surface area contributed by atoms with E-state index in [0.29, 0.717) is 47.4 Å². The van der Waals surface area contributed by atoms with Crippen LogP contribution in [0.1, 0.15) is 52.1 Å². The summed E-state index contributed by atoms with van der Waals surface area (Å²) in [5.74, 6) is -0.687. The highest BCUT2D eigenvalue weighted by Crippen LogP contribution is 2.36. The number of benzene rings is 3. The highest BCUT2D eigenvalue weighted by Gasteiger charge is 2.29. The minimum atomic E-state index is -1.13. The topological polar surface area (TPSA) is 218 Å².